The Morgan fingerprint density at radius 3 is 2.56 bits per heavy atom. The van der Waals surface area contributed by atoms with E-state index >= 15 is 0 Å². The molecule has 1 atom stereocenters. The normalized spacial score (nSPS) is 19.3. The summed E-state index contributed by atoms with van der Waals surface area (Å²) < 4.78 is 5.49. The van der Waals surface area contributed by atoms with Gasteiger partial charge in [0.1, 0.15) is 0 Å². The van der Waals surface area contributed by atoms with Crippen molar-refractivity contribution in [2.24, 2.45) is 0 Å². The Hall–Kier alpha value is -0.120. The van der Waals surface area contributed by atoms with Gasteiger partial charge >= 0.3 is 0 Å². The molecule has 0 aromatic heterocycles. The minimum absolute atomic E-state index is 0.330. The van der Waals surface area contributed by atoms with E-state index in [-0.39, 0.29) is 6.10 Å². The number of unbranched alkanes of at least 4 members (excludes halogenated alkanes) is 1. The van der Waals surface area contributed by atoms with Gasteiger partial charge in [0, 0.05) is 19.2 Å². The molecule has 0 aromatic carbocycles. The van der Waals surface area contributed by atoms with Crippen LogP contribution >= 0.6 is 0 Å². The SMILES string of the molecule is CCCCOCC(O)CN(CC)C1CCCCC1. The lowest BCUT2D eigenvalue weighted by Gasteiger charge is -2.34. The number of aliphatic hydroxyl groups is 1. The van der Waals surface area contributed by atoms with E-state index in [1.54, 1.807) is 0 Å². The highest BCUT2D eigenvalue weighted by atomic mass is 16.5. The highest BCUT2D eigenvalue weighted by Gasteiger charge is 2.21. The Labute approximate surface area is 113 Å². The Bertz CT molecular complexity index is 193. The lowest BCUT2D eigenvalue weighted by molar-refractivity contribution is 0.00516. The summed E-state index contributed by atoms with van der Waals surface area (Å²) >= 11 is 0. The molecule has 108 valence electrons. The van der Waals surface area contributed by atoms with Crippen LogP contribution in [0.5, 0.6) is 0 Å². The second kappa shape index (κ2) is 9.76. The Kier molecular flexibility index (Phi) is 8.64. The molecule has 1 unspecified atom stereocenters. The lowest BCUT2D eigenvalue weighted by Crippen LogP contribution is -2.42. The molecule has 1 N–H and O–H groups in total. The minimum atomic E-state index is -0.330. The summed E-state index contributed by atoms with van der Waals surface area (Å²) in [6, 6.07) is 0.689. The van der Waals surface area contributed by atoms with Gasteiger partial charge in [0.15, 0.2) is 0 Å². The number of nitrogens with zero attached hydrogens (tertiary/aromatic N) is 1. The van der Waals surface area contributed by atoms with Crippen molar-refractivity contribution in [3.63, 3.8) is 0 Å². The van der Waals surface area contributed by atoms with Crippen molar-refractivity contribution in [2.45, 2.75) is 70.9 Å². The molecule has 3 heteroatoms. The number of aliphatic hydroxyl groups excluding tert-OH is 1. The van der Waals surface area contributed by atoms with Gasteiger partial charge in [-0.25, -0.2) is 0 Å². The van der Waals surface area contributed by atoms with E-state index in [1.807, 2.05) is 0 Å². The number of ether oxygens (including phenoxy) is 1. The Morgan fingerprint density at radius 2 is 1.94 bits per heavy atom. The molecule has 0 aromatic rings. The molecular formula is C15H31NO2. The zero-order valence-corrected chi connectivity index (χ0v) is 12.2. The molecule has 0 saturated heterocycles. The van der Waals surface area contributed by atoms with Crippen molar-refractivity contribution < 1.29 is 9.84 Å². The van der Waals surface area contributed by atoms with Crippen LogP contribution < -0.4 is 0 Å². The minimum Gasteiger partial charge on any atom is -0.389 e. The average molecular weight is 257 g/mol. The van der Waals surface area contributed by atoms with Crippen molar-refractivity contribution in [3.05, 3.63) is 0 Å². The van der Waals surface area contributed by atoms with E-state index in [9.17, 15) is 5.11 Å². The molecule has 0 spiro atoms. The quantitative estimate of drug-likeness (QED) is 0.645. The summed E-state index contributed by atoms with van der Waals surface area (Å²) in [7, 11) is 0. The van der Waals surface area contributed by atoms with E-state index in [0.717, 1.165) is 32.5 Å². The predicted octanol–water partition coefficient (Wildman–Crippen LogP) is 2.82. The van der Waals surface area contributed by atoms with Crippen LogP contribution in [0.15, 0.2) is 0 Å². The first-order chi connectivity index (χ1) is 8.77. The molecule has 1 rings (SSSR count). The molecule has 1 aliphatic rings. The fourth-order valence-corrected chi connectivity index (χ4v) is 2.77. The molecular weight excluding hydrogens is 226 g/mol. The number of hydrogen-bond acceptors (Lipinski definition) is 3. The molecule has 0 aliphatic heterocycles. The summed E-state index contributed by atoms with van der Waals surface area (Å²) in [5.74, 6) is 0. The number of likely N-dealkylation sites (N-methyl/N-ethyl adjacent to an activating group) is 1. The maximum Gasteiger partial charge on any atom is 0.0900 e. The second-order valence-corrected chi connectivity index (χ2v) is 5.46. The van der Waals surface area contributed by atoms with Gasteiger partial charge in [-0.15, -0.1) is 0 Å². The summed E-state index contributed by atoms with van der Waals surface area (Å²) in [6.07, 6.45) is 8.61. The van der Waals surface area contributed by atoms with Gasteiger partial charge in [0.05, 0.1) is 12.7 Å². The number of hydrogen-bond donors (Lipinski definition) is 1. The first kappa shape index (κ1) is 15.9. The molecule has 0 amide bonds. The molecule has 1 fully saturated rings. The maximum atomic E-state index is 10.0. The molecule has 0 bridgehead atoms. The van der Waals surface area contributed by atoms with Gasteiger partial charge in [0.2, 0.25) is 0 Å². The lowest BCUT2D eigenvalue weighted by atomic mass is 9.94. The van der Waals surface area contributed by atoms with Crippen LogP contribution in [0.2, 0.25) is 0 Å². The van der Waals surface area contributed by atoms with Crippen LogP contribution in [0, 0.1) is 0 Å². The summed E-state index contributed by atoms with van der Waals surface area (Å²) in [5, 5.41) is 10.0. The second-order valence-electron chi connectivity index (χ2n) is 5.46. The van der Waals surface area contributed by atoms with Crippen LogP contribution in [-0.2, 0) is 4.74 Å². The van der Waals surface area contributed by atoms with Crippen molar-refractivity contribution in [3.8, 4) is 0 Å². The first-order valence-corrected chi connectivity index (χ1v) is 7.77. The van der Waals surface area contributed by atoms with Crippen molar-refractivity contribution in [2.75, 3.05) is 26.3 Å². The van der Waals surface area contributed by atoms with Gasteiger partial charge in [-0.2, -0.15) is 0 Å². The highest BCUT2D eigenvalue weighted by Crippen LogP contribution is 2.22. The average Bonchev–Trinajstić information content (AvgIpc) is 2.42. The van der Waals surface area contributed by atoms with Crippen molar-refractivity contribution >= 4 is 0 Å². The van der Waals surface area contributed by atoms with E-state index in [4.69, 9.17) is 4.74 Å². The van der Waals surface area contributed by atoms with E-state index in [0.29, 0.717) is 12.6 Å². The van der Waals surface area contributed by atoms with Crippen LogP contribution in [0.25, 0.3) is 0 Å². The zero-order chi connectivity index (χ0) is 13.2. The summed E-state index contributed by atoms with van der Waals surface area (Å²) in [4.78, 5) is 2.44. The fraction of sp³-hybridized carbons (Fsp3) is 1.00. The van der Waals surface area contributed by atoms with Gasteiger partial charge in [0.25, 0.3) is 0 Å². The number of rotatable bonds is 9. The van der Waals surface area contributed by atoms with Crippen LogP contribution in [0.3, 0.4) is 0 Å². The van der Waals surface area contributed by atoms with Crippen LogP contribution in [0.4, 0.5) is 0 Å². The largest absolute Gasteiger partial charge is 0.389 e. The maximum absolute atomic E-state index is 10.0. The molecule has 18 heavy (non-hydrogen) atoms. The van der Waals surface area contributed by atoms with Gasteiger partial charge < -0.3 is 9.84 Å². The Morgan fingerprint density at radius 1 is 1.22 bits per heavy atom. The molecule has 0 heterocycles. The fourth-order valence-electron chi connectivity index (χ4n) is 2.77. The summed E-state index contributed by atoms with van der Waals surface area (Å²) in [6.45, 7) is 7.43. The van der Waals surface area contributed by atoms with Crippen molar-refractivity contribution in [1.29, 1.82) is 0 Å². The molecule has 1 saturated carbocycles. The highest BCUT2D eigenvalue weighted by molar-refractivity contribution is 4.77. The molecule has 0 radical (unpaired) electrons. The topological polar surface area (TPSA) is 32.7 Å². The van der Waals surface area contributed by atoms with Crippen LogP contribution in [-0.4, -0.2) is 48.5 Å². The van der Waals surface area contributed by atoms with Gasteiger partial charge in [-0.3, -0.25) is 4.90 Å². The zero-order valence-electron chi connectivity index (χ0n) is 12.2. The Balaban J connectivity index is 2.19. The third-order valence-corrected chi connectivity index (χ3v) is 3.89. The third-order valence-electron chi connectivity index (χ3n) is 3.89. The first-order valence-electron chi connectivity index (χ1n) is 7.77. The van der Waals surface area contributed by atoms with Gasteiger partial charge in [-0.1, -0.05) is 39.5 Å². The predicted molar refractivity (Wildman–Crippen MR) is 75.9 cm³/mol. The van der Waals surface area contributed by atoms with E-state index in [2.05, 4.69) is 18.7 Å². The smallest absolute Gasteiger partial charge is 0.0900 e. The molecule has 1 aliphatic carbocycles. The van der Waals surface area contributed by atoms with E-state index in [1.165, 1.54) is 32.1 Å². The third kappa shape index (κ3) is 6.17. The molecule has 3 nitrogen and oxygen atoms in total. The van der Waals surface area contributed by atoms with Crippen LogP contribution in [0.1, 0.15) is 58.8 Å². The summed E-state index contributed by atoms with van der Waals surface area (Å²) in [5.41, 5.74) is 0. The van der Waals surface area contributed by atoms with Gasteiger partial charge in [-0.05, 0) is 25.8 Å². The van der Waals surface area contributed by atoms with Crippen molar-refractivity contribution in [1.82, 2.24) is 4.90 Å². The standard InChI is InChI=1S/C15H31NO2/c1-3-5-11-18-13-15(17)12-16(4-2)14-9-7-6-8-10-14/h14-15,17H,3-13H2,1-2H3. The monoisotopic (exact) mass is 257 g/mol. The van der Waals surface area contributed by atoms with E-state index < -0.39 is 0 Å².